The van der Waals surface area contributed by atoms with Crippen molar-refractivity contribution in [2.24, 2.45) is 0 Å². The zero-order valence-corrected chi connectivity index (χ0v) is 15.3. The first-order valence-electron chi connectivity index (χ1n) is 9.41. The van der Waals surface area contributed by atoms with Gasteiger partial charge in [-0.2, -0.15) is 0 Å². The number of aryl methyl sites for hydroxylation is 2. The summed E-state index contributed by atoms with van der Waals surface area (Å²) >= 11 is 0. The highest BCUT2D eigenvalue weighted by Crippen LogP contribution is 2.37. The monoisotopic (exact) mass is 365 g/mol. The van der Waals surface area contributed by atoms with Crippen LogP contribution in [0.2, 0.25) is 0 Å². The minimum absolute atomic E-state index is 0.555. The predicted molar refractivity (Wildman–Crippen MR) is 111 cm³/mol. The van der Waals surface area contributed by atoms with Gasteiger partial charge in [-0.1, -0.05) is 78.9 Å². The molecule has 0 fully saturated rings. The number of nitrogens with one attached hydrogen (secondary N) is 1. The number of hydrogen-bond donors (Lipinski definition) is 1. The molecule has 0 aliphatic rings. The van der Waals surface area contributed by atoms with Gasteiger partial charge in [0.1, 0.15) is 0 Å². The summed E-state index contributed by atoms with van der Waals surface area (Å²) in [5.41, 5.74) is 5.37. The Morgan fingerprint density at radius 3 is 2.25 bits per heavy atom. The maximum atomic E-state index is 6.08. The molecular weight excluding hydrogens is 346 g/mol. The van der Waals surface area contributed by atoms with Gasteiger partial charge in [-0.3, -0.25) is 0 Å². The molecule has 0 unspecified atom stereocenters. The summed E-state index contributed by atoms with van der Waals surface area (Å²) in [6.45, 7) is 0. The van der Waals surface area contributed by atoms with Crippen LogP contribution in [-0.4, -0.2) is 15.2 Å². The van der Waals surface area contributed by atoms with Crippen LogP contribution in [0.3, 0.4) is 0 Å². The highest BCUT2D eigenvalue weighted by Gasteiger charge is 2.19. The van der Waals surface area contributed by atoms with Crippen molar-refractivity contribution in [1.29, 1.82) is 0 Å². The highest BCUT2D eigenvalue weighted by molar-refractivity contribution is 6.01. The number of aromatic nitrogens is 3. The van der Waals surface area contributed by atoms with Gasteiger partial charge < -0.3 is 9.40 Å². The van der Waals surface area contributed by atoms with Gasteiger partial charge in [0, 0.05) is 17.3 Å². The van der Waals surface area contributed by atoms with E-state index in [-0.39, 0.29) is 0 Å². The Morgan fingerprint density at radius 1 is 0.714 bits per heavy atom. The van der Waals surface area contributed by atoms with Crippen LogP contribution < -0.4 is 0 Å². The van der Waals surface area contributed by atoms with E-state index in [0.717, 1.165) is 40.6 Å². The van der Waals surface area contributed by atoms with Crippen LogP contribution in [0.25, 0.3) is 33.6 Å². The van der Waals surface area contributed by atoms with Crippen molar-refractivity contribution in [3.8, 4) is 22.7 Å². The second kappa shape index (κ2) is 7.16. The molecule has 2 heterocycles. The Labute approximate surface area is 162 Å². The van der Waals surface area contributed by atoms with Crippen LogP contribution in [0.15, 0.2) is 89.3 Å². The molecule has 4 nitrogen and oxygen atoms in total. The molecule has 2 aromatic heterocycles. The molecule has 1 N–H and O–H groups in total. The minimum Gasteiger partial charge on any atom is -0.421 e. The number of fused-ring (bicyclic) bond motifs is 1. The van der Waals surface area contributed by atoms with Crippen LogP contribution >= 0.6 is 0 Å². The average Bonchev–Trinajstić information content (AvgIpc) is 3.38. The molecule has 0 atom stereocenters. The maximum Gasteiger partial charge on any atom is 0.250 e. The van der Waals surface area contributed by atoms with Gasteiger partial charge in [0.15, 0.2) is 0 Å². The van der Waals surface area contributed by atoms with E-state index in [1.165, 1.54) is 5.56 Å². The molecule has 5 rings (SSSR count). The Hall–Kier alpha value is -3.66. The molecule has 0 bridgehead atoms. The lowest BCUT2D eigenvalue weighted by Crippen LogP contribution is -1.90. The topological polar surface area (TPSA) is 54.7 Å². The van der Waals surface area contributed by atoms with Crippen molar-refractivity contribution in [2.75, 3.05) is 0 Å². The van der Waals surface area contributed by atoms with E-state index < -0.39 is 0 Å². The van der Waals surface area contributed by atoms with Crippen molar-refractivity contribution in [3.63, 3.8) is 0 Å². The second-order valence-electron chi connectivity index (χ2n) is 6.77. The van der Waals surface area contributed by atoms with E-state index in [0.29, 0.717) is 11.8 Å². The lowest BCUT2D eigenvalue weighted by Gasteiger charge is -2.01. The fraction of sp³-hybridized carbons (Fsp3) is 0.0833. The minimum atomic E-state index is 0.555. The lowest BCUT2D eigenvalue weighted by atomic mass is 10.1. The molecule has 0 amide bonds. The molecule has 0 radical (unpaired) electrons. The third-order valence-electron chi connectivity index (χ3n) is 4.92. The molecule has 136 valence electrons. The van der Waals surface area contributed by atoms with Crippen LogP contribution in [0.1, 0.15) is 11.5 Å². The number of para-hydroxylation sites is 1. The van der Waals surface area contributed by atoms with Crippen LogP contribution in [0, 0.1) is 0 Å². The van der Waals surface area contributed by atoms with Crippen LogP contribution in [-0.2, 0) is 12.8 Å². The first-order valence-corrected chi connectivity index (χ1v) is 9.41. The Morgan fingerprint density at radius 2 is 1.43 bits per heavy atom. The standard InChI is InChI=1S/C24H19N3O/c1-3-9-17(10-4-1)15-16-21-26-27-24(28-21)22-19-13-7-8-14-20(19)25-23(22)18-11-5-2-6-12-18/h1-14,25H,15-16H2. The Bertz CT molecular complexity index is 1210. The van der Waals surface area contributed by atoms with Gasteiger partial charge >= 0.3 is 0 Å². The molecule has 3 aromatic carbocycles. The van der Waals surface area contributed by atoms with E-state index in [2.05, 4.69) is 51.6 Å². The molecule has 0 saturated heterocycles. The summed E-state index contributed by atoms with van der Waals surface area (Å²) in [7, 11) is 0. The van der Waals surface area contributed by atoms with Crippen LogP contribution in [0.5, 0.6) is 0 Å². The Balaban J connectivity index is 1.53. The lowest BCUT2D eigenvalue weighted by molar-refractivity contribution is 0.505. The highest BCUT2D eigenvalue weighted by atomic mass is 16.4. The third kappa shape index (κ3) is 3.09. The first kappa shape index (κ1) is 16.5. The van der Waals surface area contributed by atoms with E-state index in [9.17, 15) is 0 Å². The van der Waals surface area contributed by atoms with Gasteiger partial charge in [0.25, 0.3) is 5.89 Å². The van der Waals surface area contributed by atoms with Gasteiger partial charge in [-0.15, -0.1) is 10.2 Å². The average molecular weight is 365 g/mol. The molecule has 0 aliphatic carbocycles. The van der Waals surface area contributed by atoms with Gasteiger partial charge in [-0.25, -0.2) is 0 Å². The van der Waals surface area contributed by atoms with E-state index in [1.54, 1.807) is 0 Å². The summed E-state index contributed by atoms with van der Waals surface area (Å²) < 4.78 is 6.08. The number of nitrogens with zero attached hydrogens (tertiary/aromatic N) is 2. The van der Waals surface area contributed by atoms with Gasteiger partial charge in [0.2, 0.25) is 5.89 Å². The molecule has 4 heteroatoms. The number of H-pyrrole nitrogens is 1. The quantitative estimate of drug-likeness (QED) is 0.436. The van der Waals surface area contributed by atoms with Crippen molar-refractivity contribution >= 4 is 10.9 Å². The van der Waals surface area contributed by atoms with Crippen LogP contribution in [0.4, 0.5) is 0 Å². The van der Waals surface area contributed by atoms with Gasteiger partial charge in [0.05, 0.1) is 11.3 Å². The number of aromatic amines is 1. The van der Waals surface area contributed by atoms with Crippen molar-refractivity contribution in [1.82, 2.24) is 15.2 Å². The van der Waals surface area contributed by atoms with Crippen molar-refractivity contribution in [3.05, 3.63) is 96.4 Å². The SMILES string of the molecule is c1ccc(CCc2nnc(-c3c(-c4ccccc4)[nH]c4ccccc34)o2)cc1. The first-order chi connectivity index (χ1) is 13.9. The third-order valence-corrected chi connectivity index (χ3v) is 4.92. The largest absolute Gasteiger partial charge is 0.421 e. The predicted octanol–water partition coefficient (Wildman–Crippen LogP) is 5.67. The summed E-state index contributed by atoms with van der Waals surface area (Å²) in [4.78, 5) is 3.52. The van der Waals surface area contributed by atoms with E-state index in [1.807, 2.05) is 48.5 Å². The zero-order valence-electron chi connectivity index (χ0n) is 15.3. The summed E-state index contributed by atoms with van der Waals surface area (Å²) in [5.74, 6) is 1.21. The fourth-order valence-corrected chi connectivity index (χ4v) is 3.54. The number of rotatable bonds is 5. The number of hydrogen-bond acceptors (Lipinski definition) is 3. The normalized spacial score (nSPS) is 11.1. The Kier molecular flexibility index (Phi) is 4.22. The summed E-state index contributed by atoms with van der Waals surface area (Å²) in [6, 6.07) is 28.8. The summed E-state index contributed by atoms with van der Waals surface area (Å²) in [6.07, 6.45) is 1.60. The second-order valence-corrected chi connectivity index (χ2v) is 6.77. The molecular formula is C24H19N3O. The molecule has 28 heavy (non-hydrogen) atoms. The molecule has 0 aliphatic heterocycles. The zero-order chi connectivity index (χ0) is 18.8. The smallest absolute Gasteiger partial charge is 0.250 e. The fourth-order valence-electron chi connectivity index (χ4n) is 3.54. The van der Waals surface area contributed by atoms with E-state index >= 15 is 0 Å². The van der Waals surface area contributed by atoms with Crippen molar-refractivity contribution in [2.45, 2.75) is 12.8 Å². The van der Waals surface area contributed by atoms with E-state index in [4.69, 9.17) is 4.42 Å². The number of benzene rings is 3. The van der Waals surface area contributed by atoms with Crippen molar-refractivity contribution < 1.29 is 4.42 Å². The van der Waals surface area contributed by atoms with Gasteiger partial charge in [-0.05, 0) is 23.6 Å². The molecule has 5 aromatic rings. The maximum absolute atomic E-state index is 6.08. The molecule has 0 spiro atoms. The molecule has 0 saturated carbocycles. The summed E-state index contributed by atoms with van der Waals surface area (Å²) in [5, 5.41) is 9.75.